The molecule has 2 atom stereocenters. The number of carboxylic acid groups (broad SMARTS) is 1. The number of hydrogen-bond donors (Lipinski definition) is 2. The van der Waals surface area contributed by atoms with Crippen LogP contribution in [0.2, 0.25) is 5.02 Å². The second-order valence-electron chi connectivity index (χ2n) is 9.17. The molecule has 0 bridgehead atoms. The Morgan fingerprint density at radius 3 is 2.38 bits per heavy atom. The first-order chi connectivity index (χ1) is 18.7. The maximum Gasteiger partial charge on any atom is 0.305 e. The molecule has 1 unspecified atom stereocenters. The summed E-state index contributed by atoms with van der Waals surface area (Å²) < 4.78 is 29.4. The van der Waals surface area contributed by atoms with Gasteiger partial charge in [-0.3, -0.25) is 9.59 Å². The first-order valence-electron chi connectivity index (χ1n) is 12.4. The number of fused-ring (bicyclic) bond motifs is 1. The summed E-state index contributed by atoms with van der Waals surface area (Å²) in [6.45, 7) is 2.09. The van der Waals surface area contributed by atoms with Crippen LogP contribution >= 0.6 is 22.9 Å². The van der Waals surface area contributed by atoms with Gasteiger partial charge in [0.15, 0.2) is 11.6 Å². The van der Waals surface area contributed by atoms with Crippen molar-refractivity contribution in [2.75, 3.05) is 6.54 Å². The van der Waals surface area contributed by atoms with Crippen LogP contribution in [0.4, 0.5) is 8.78 Å². The van der Waals surface area contributed by atoms with Crippen LogP contribution in [-0.2, 0) is 4.79 Å². The van der Waals surface area contributed by atoms with Gasteiger partial charge in [0.1, 0.15) is 11.6 Å². The highest BCUT2D eigenvalue weighted by molar-refractivity contribution is 7.17. The number of carboxylic acids is 1. The highest BCUT2D eigenvalue weighted by atomic mass is 35.5. The van der Waals surface area contributed by atoms with Crippen molar-refractivity contribution in [1.29, 1.82) is 5.26 Å². The van der Waals surface area contributed by atoms with Gasteiger partial charge >= 0.3 is 5.97 Å². The number of halogens is 3. The number of amides is 1. The largest absolute Gasteiger partial charge is 0.481 e. The summed E-state index contributed by atoms with van der Waals surface area (Å²) in [4.78, 5) is 23.2. The molecule has 1 amide bonds. The lowest BCUT2D eigenvalue weighted by molar-refractivity contribution is -0.136. The SMILES string of the molecule is CCC[C@H](c1ccc(C(=O)NCCC(=O)O)cc1)C(c1ccc(Cl)cc1)c1csc2c(C#N)c(F)c(F)cc12. The van der Waals surface area contributed by atoms with E-state index in [1.807, 2.05) is 35.7 Å². The lowest BCUT2D eigenvalue weighted by atomic mass is 9.75. The van der Waals surface area contributed by atoms with E-state index in [0.717, 1.165) is 35.6 Å². The monoisotopic (exact) mass is 566 g/mol. The molecule has 4 aromatic rings. The number of rotatable bonds is 10. The van der Waals surface area contributed by atoms with Gasteiger partial charge in [0, 0.05) is 28.4 Å². The average molecular weight is 567 g/mol. The van der Waals surface area contributed by atoms with Crippen LogP contribution in [0.5, 0.6) is 0 Å². The van der Waals surface area contributed by atoms with Crippen molar-refractivity contribution in [3.63, 3.8) is 0 Å². The van der Waals surface area contributed by atoms with E-state index in [4.69, 9.17) is 16.7 Å². The summed E-state index contributed by atoms with van der Waals surface area (Å²) in [5.74, 6) is -3.96. The molecule has 4 rings (SSSR count). The minimum atomic E-state index is -1.15. The summed E-state index contributed by atoms with van der Waals surface area (Å²) in [6.07, 6.45) is 1.42. The Balaban J connectivity index is 1.80. The van der Waals surface area contributed by atoms with Gasteiger partial charge in [-0.2, -0.15) is 5.26 Å². The molecule has 3 aromatic carbocycles. The van der Waals surface area contributed by atoms with Crippen molar-refractivity contribution < 1.29 is 23.5 Å². The maximum atomic E-state index is 14.6. The number of thiophene rings is 1. The molecule has 5 nitrogen and oxygen atoms in total. The van der Waals surface area contributed by atoms with Crippen molar-refractivity contribution in [1.82, 2.24) is 5.32 Å². The Morgan fingerprint density at radius 2 is 1.77 bits per heavy atom. The molecule has 1 heterocycles. The van der Waals surface area contributed by atoms with E-state index in [9.17, 15) is 23.6 Å². The van der Waals surface area contributed by atoms with E-state index < -0.39 is 17.6 Å². The quantitative estimate of drug-likeness (QED) is 0.206. The lowest BCUT2D eigenvalue weighted by Crippen LogP contribution is -2.26. The summed E-state index contributed by atoms with van der Waals surface area (Å²) in [5.41, 5.74) is 2.75. The van der Waals surface area contributed by atoms with Crippen LogP contribution in [0, 0.1) is 23.0 Å². The van der Waals surface area contributed by atoms with Gasteiger partial charge in [0.25, 0.3) is 5.91 Å². The number of aliphatic carboxylic acids is 1. The van der Waals surface area contributed by atoms with Gasteiger partial charge in [-0.25, -0.2) is 8.78 Å². The number of nitrogens with zero attached hydrogens (tertiary/aromatic N) is 1. The zero-order valence-corrected chi connectivity index (χ0v) is 22.6. The molecule has 1 aromatic heterocycles. The third kappa shape index (κ3) is 6.11. The number of nitriles is 1. The van der Waals surface area contributed by atoms with Crippen LogP contribution in [0.1, 0.15) is 70.6 Å². The second kappa shape index (κ2) is 12.4. The summed E-state index contributed by atoms with van der Waals surface area (Å²) >= 11 is 7.39. The molecule has 2 N–H and O–H groups in total. The molecule has 0 spiro atoms. The molecule has 39 heavy (non-hydrogen) atoms. The van der Waals surface area contributed by atoms with Crippen molar-refractivity contribution >= 4 is 44.9 Å². The highest BCUT2D eigenvalue weighted by Gasteiger charge is 2.30. The molecule has 0 saturated heterocycles. The molecule has 0 aliphatic carbocycles. The van der Waals surface area contributed by atoms with Crippen molar-refractivity contribution in [3.8, 4) is 6.07 Å². The van der Waals surface area contributed by atoms with Gasteiger partial charge < -0.3 is 10.4 Å². The molecule has 9 heteroatoms. The molecule has 0 aliphatic heterocycles. The Hall–Kier alpha value is -3.80. The summed E-state index contributed by atoms with van der Waals surface area (Å²) in [7, 11) is 0. The molecule has 0 radical (unpaired) electrons. The van der Waals surface area contributed by atoms with Crippen LogP contribution in [-0.4, -0.2) is 23.5 Å². The van der Waals surface area contributed by atoms with Gasteiger partial charge in [-0.1, -0.05) is 49.2 Å². The van der Waals surface area contributed by atoms with Gasteiger partial charge in [0.2, 0.25) is 0 Å². The number of carbonyl (C=O) groups excluding carboxylic acids is 1. The van der Waals surface area contributed by atoms with E-state index in [0.29, 0.717) is 20.7 Å². The summed E-state index contributed by atoms with van der Waals surface area (Å²) in [5, 5.41) is 23.8. The predicted molar refractivity (Wildman–Crippen MR) is 148 cm³/mol. The zero-order valence-electron chi connectivity index (χ0n) is 21.0. The Morgan fingerprint density at radius 1 is 1.10 bits per heavy atom. The van der Waals surface area contributed by atoms with Crippen LogP contribution in [0.3, 0.4) is 0 Å². The Labute approximate surface area is 233 Å². The average Bonchev–Trinajstić information content (AvgIpc) is 3.32. The number of nitrogens with one attached hydrogen (secondary N) is 1. The third-order valence-electron chi connectivity index (χ3n) is 6.69. The fourth-order valence-electron chi connectivity index (χ4n) is 4.88. The standard InChI is InChI=1S/C30H25ClF2N2O3S/c1-2-3-21(17-4-6-19(7-5-17)30(38)35-13-12-26(36)37)27(18-8-10-20(31)11-9-18)24-16-39-29-22(24)14-25(32)28(33)23(29)15-34/h4-11,14,16,21,27H,2-3,12-13H2,1H3,(H,35,38)(H,36,37)/t21-,27?/m1/s1. The summed E-state index contributed by atoms with van der Waals surface area (Å²) in [6, 6.07) is 17.5. The first kappa shape index (κ1) is 28.2. The lowest BCUT2D eigenvalue weighted by Gasteiger charge is -2.29. The minimum Gasteiger partial charge on any atom is -0.481 e. The number of benzene rings is 3. The van der Waals surface area contributed by atoms with E-state index in [2.05, 4.69) is 12.2 Å². The smallest absolute Gasteiger partial charge is 0.305 e. The Bertz CT molecular complexity index is 1550. The predicted octanol–water partition coefficient (Wildman–Crippen LogP) is 7.62. The van der Waals surface area contributed by atoms with Gasteiger partial charge in [-0.15, -0.1) is 11.3 Å². The van der Waals surface area contributed by atoms with Gasteiger partial charge in [-0.05, 0) is 64.7 Å². The van der Waals surface area contributed by atoms with Crippen LogP contribution in [0.15, 0.2) is 60.0 Å². The molecule has 0 saturated carbocycles. The molecule has 0 aliphatic rings. The molecule has 200 valence electrons. The van der Waals surface area contributed by atoms with E-state index in [-0.39, 0.29) is 36.3 Å². The zero-order chi connectivity index (χ0) is 28.1. The minimum absolute atomic E-state index is 0.0279. The molecular weight excluding hydrogens is 542 g/mol. The van der Waals surface area contributed by atoms with Crippen molar-refractivity contribution in [3.05, 3.63) is 104 Å². The highest BCUT2D eigenvalue weighted by Crippen LogP contribution is 2.46. The molecule has 0 fully saturated rings. The van der Waals surface area contributed by atoms with Crippen LogP contribution < -0.4 is 5.32 Å². The second-order valence-corrected chi connectivity index (χ2v) is 10.5. The van der Waals surface area contributed by atoms with E-state index in [1.165, 1.54) is 11.3 Å². The first-order valence-corrected chi connectivity index (χ1v) is 13.7. The van der Waals surface area contributed by atoms with Crippen molar-refractivity contribution in [2.45, 2.75) is 38.0 Å². The van der Waals surface area contributed by atoms with Gasteiger partial charge in [0.05, 0.1) is 11.1 Å². The fraction of sp³-hybridized carbons (Fsp3) is 0.233. The van der Waals surface area contributed by atoms with Crippen molar-refractivity contribution in [2.24, 2.45) is 0 Å². The third-order valence-corrected chi connectivity index (χ3v) is 7.97. The topological polar surface area (TPSA) is 90.2 Å². The normalized spacial score (nSPS) is 12.6. The number of hydrogen-bond acceptors (Lipinski definition) is 4. The van der Waals surface area contributed by atoms with E-state index >= 15 is 0 Å². The maximum absolute atomic E-state index is 14.6. The molecular formula is C30H25ClF2N2O3S. The number of carbonyl (C=O) groups is 2. The fourth-order valence-corrected chi connectivity index (χ4v) is 6.08. The van der Waals surface area contributed by atoms with Crippen LogP contribution in [0.25, 0.3) is 10.1 Å². The Kier molecular flexibility index (Phi) is 8.95. The van der Waals surface area contributed by atoms with E-state index in [1.54, 1.807) is 24.3 Å².